The molecule has 0 atom stereocenters. The number of benzene rings is 1. The molecule has 5 heterocycles. The number of pyridine rings is 1. The van der Waals surface area contributed by atoms with Gasteiger partial charge in [-0.3, -0.25) is 19.3 Å². The maximum atomic E-state index is 13.8. The van der Waals surface area contributed by atoms with Gasteiger partial charge in [-0.2, -0.15) is 5.10 Å². The molecule has 1 aromatic carbocycles. The Morgan fingerprint density at radius 2 is 1.72 bits per heavy atom. The molecule has 36 heavy (non-hydrogen) atoms. The molecule has 0 N–H and O–H groups in total. The number of rotatable bonds is 5. The second-order valence-corrected chi connectivity index (χ2v) is 9.94. The highest BCUT2D eigenvalue weighted by Gasteiger charge is 2.33. The topological polar surface area (TPSA) is 84.2 Å². The van der Waals surface area contributed by atoms with E-state index in [2.05, 4.69) is 22.1 Å². The minimum atomic E-state index is -0.0747. The van der Waals surface area contributed by atoms with E-state index in [1.807, 2.05) is 50.2 Å². The molecular formula is C27H26N6O2S. The van der Waals surface area contributed by atoms with Crippen molar-refractivity contribution in [2.24, 2.45) is 0 Å². The third-order valence-corrected chi connectivity index (χ3v) is 7.60. The van der Waals surface area contributed by atoms with E-state index < -0.39 is 0 Å². The van der Waals surface area contributed by atoms with E-state index >= 15 is 0 Å². The van der Waals surface area contributed by atoms with Gasteiger partial charge in [-0.15, -0.1) is 11.3 Å². The van der Waals surface area contributed by atoms with Crippen molar-refractivity contribution in [1.29, 1.82) is 0 Å². The quantitative estimate of drug-likeness (QED) is 0.422. The molecule has 0 spiro atoms. The van der Waals surface area contributed by atoms with Crippen molar-refractivity contribution in [3.05, 3.63) is 99.0 Å². The summed E-state index contributed by atoms with van der Waals surface area (Å²) < 4.78 is 1.91. The van der Waals surface area contributed by atoms with Crippen LogP contribution in [-0.4, -0.2) is 54.5 Å². The fourth-order valence-corrected chi connectivity index (χ4v) is 5.62. The van der Waals surface area contributed by atoms with Gasteiger partial charge in [0.1, 0.15) is 0 Å². The Balaban J connectivity index is 1.30. The second-order valence-electron chi connectivity index (χ2n) is 9.22. The molecule has 8 nitrogen and oxygen atoms in total. The zero-order valence-electron chi connectivity index (χ0n) is 19.8. The predicted octanol–water partition coefficient (Wildman–Crippen LogP) is 3.11. The zero-order valence-corrected chi connectivity index (χ0v) is 20.7. The number of carbonyl (C=O) groups excluding carboxylic acids is 2. The van der Waals surface area contributed by atoms with Crippen molar-refractivity contribution in [2.75, 3.05) is 13.1 Å². The number of aromatic nitrogens is 4. The lowest BCUT2D eigenvalue weighted by atomic mass is 9.99. The van der Waals surface area contributed by atoms with Crippen molar-refractivity contribution in [3.63, 3.8) is 0 Å². The molecular weight excluding hydrogens is 472 g/mol. The first-order valence-electron chi connectivity index (χ1n) is 12.1. The fourth-order valence-electron chi connectivity index (χ4n) is 5.06. The molecule has 6 rings (SSSR count). The van der Waals surface area contributed by atoms with E-state index in [0.29, 0.717) is 44.8 Å². The molecule has 0 saturated carbocycles. The van der Waals surface area contributed by atoms with Crippen LogP contribution >= 0.6 is 11.3 Å². The fraction of sp³-hybridized carbons (Fsp3) is 0.296. The standard InChI is InChI=1S/C27H26N6O2S/c34-25(13-22-17-36-18-29-22)31-12-9-24-23(16-31)26(30-33(24)15-21-7-3-4-10-28-21)27(35)32-11-8-19-5-1-2-6-20(19)14-32/h1-7,10,17-18H,8-9,11-16H2. The van der Waals surface area contributed by atoms with Crippen LogP contribution in [0.3, 0.4) is 0 Å². The van der Waals surface area contributed by atoms with Crippen molar-refractivity contribution in [2.45, 2.75) is 38.9 Å². The number of nitrogens with zero attached hydrogens (tertiary/aromatic N) is 6. The number of amides is 2. The smallest absolute Gasteiger partial charge is 0.275 e. The average Bonchev–Trinajstić information content (AvgIpc) is 3.56. The molecule has 0 fully saturated rings. The third kappa shape index (κ3) is 4.42. The Kier molecular flexibility index (Phi) is 6.06. The lowest BCUT2D eigenvalue weighted by Gasteiger charge is -2.30. The molecule has 4 aromatic rings. The SMILES string of the molecule is O=C(Cc1cscn1)N1CCc2c(c(C(=O)N3CCc4ccccc4C3)nn2Cc2ccccn2)C1. The molecule has 9 heteroatoms. The summed E-state index contributed by atoms with van der Waals surface area (Å²) in [6.07, 6.45) is 3.51. The van der Waals surface area contributed by atoms with Crippen LogP contribution < -0.4 is 0 Å². The lowest BCUT2D eigenvalue weighted by molar-refractivity contribution is -0.131. The summed E-state index contributed by atoms with van der Waals surface area (Å²) in [6, 6.07) is 14.1. The molecule has 0 unspecified atom stereocenters. The van der Waals surface area contributed by atoms with Crippen molar-refractivity contribution < 1.29 is 9.59 Å². The first-order chi connectivity index (χ1) is 17.7. The van der Waals surface area contributed by atoms with E-state index in [9.17, 15) is 9.59 Å². The van der Waals surface area contributed by atoms with Crippen molar-refractivity contribution in [1.82, 2.24) is 29.5 Å². The van der Waals surface area contributed by atoms with E-state index in [-0.39, 0.29) is 18.2 Å². The minimum Gasteiger partial charge on any atom is -0.337 e. The largest absolute Gasteiger partial charge is 0.337 e. The monoisotopic (exact) mass is 498 g/mol. The van der Waals surface area contributed by atoms with Crippen LogP contribution in [0.2, 0.25) is 0 Å². The number of hydrogen-bond acceptors (Lipinski definition) is 6. The van der Waals surface area contributed by atoms with Crippen molar-refractivity contribution in [3.8, 4) is 0 Å². The molecule has 0 radical (unpaired) electrons. The van der Waals surface area contributed by atoms with Crippen LogP contribution in [0.15, 0.2) is 59.6 Å². The summed E-state index contributed by atoms with van der Waals surface area (Å²) in [6.45, 7) is 2.69. The van der Waals surface area contributed by atoms with Crippen LogP contribution in [0.4, 0.5) is 0 Å². The van der Waals surface area contributed by atoms with E-state index in [1.54, 1.807) is 11.7 Å². The van der Waals surface area contributed by atoms with Gasteiger partial charge in [0.05, 0.1) is 29.9 Å². The van der Waals surface area contributed by atoms with Crippen LogP contribution in [0.1, 0.15) is 44.3 Å². The maximum absolute atomic E-state index is 13.8. The van der Waals surface area contributed by atoms with Gasteiger partial charge in [0.2, 0.25) is 5.91 Å². The average molecular weight is 499 g/mol. The van der Waals surface area contributed by atoms with Crippen LogP contribution in [-0.2, 0) is 43.7 Å². The highest BCUT2D eigenvalue weighted by atomic mass is 32.1. The van der Waals surface area contributed by atoms with E-state index in [0.717, 1.165) is 29.1 Å². The highest BCUT2D eigenvalue weighted by molar-refractivity contribution is 7.07. The summed E-state index contributed by atoms with van der Waals surface area (Å²) in [5.74, 6) is -0.0522. The normalized spacial score (nSPS) is 14.9. The van der Waals surface area contributed by atoms with Gasteiger partial charge in [0, 0.05) is 55.4 Å². The van der Waals surface area contributed by atoms with E-state index in [1.165, 1.54) is 22.5 Å². The number of thiazole rings is 1. The Morgan fingerprint density at radius 3 is 2.53 bits per heavy atom. The van der Waals surface area contributed by atoms with Gasteiger partial charge in [-0.1, -0.05) is 30.3 Å². The summed E-state index contributed by atoms with van der Waals surface area (Å²) in [4.78, 5) is 39.3. The number of hydrogen-bond donors (Lipinski definition) is 0. The van der Waals surface area contributed by atoms with Gasteiger partial charge in [-0.25, -0.2) is 4.98 Å². The lowest BCUT2D eigenvalue weighted by Crippen LogP contribution is -2.39. The molecule has 0 aliphatic carbocycles. The second kappa shape index (κ2) is 9.66. The summed E-state index contributed by atoms with van der Waals surface area (Å²) >= 11 is 1.49. The molecule has 2 aliphatic rings. The number of carbonyl (C=O) groups is 2. The van der Waals surface area contributed by atoms with Crippen LogP contribution in [0.25, 0.3) is 0 Å². The van der Waals surface area contributed by atoms with E-state index in [4.69, 9.17) is 5.10 Å². The molecule has 3 aromatic heterocycles. The van der Waals surface area contributed by atoms with Crippen LogP contribution in [0.5, 0.6) is 0 Å². The Labute approximate surface area is 213 Å². The van der Waals surface area contributed by atoms with Crippen LogP contribution in [0, 0.1) is 0 Å². The summed E-state index contributed by atoms with van der Waals surface area (Å²) in [5.41, 5.74) is 8.20. The Hall–Kier alpha value is -3.85. The summed E-state index contributed by atoms with van der Waals surface area (Å²) in [7, 11) is 0. The molecule has 2 aliphatic heterocycles. The van der Waals surface area contributed by atoms with Gasteiger partial charge in [-0.05, 0) is 29.7 Å². The molecule has 0 saturated heterocycles. The minimum absolute atomic E-state index is 0.0225. The molecule has 182 valence electrons. The molecule has 2 amide bonds. The molecule has 0 bridgehead atoms. The summed E-state index contributed by atoms with van der Waals surface area (Å²) in [5, 5.41) is 6.73. The van der Waals surface area contributed by atoms with Crippen molar-refractivity contribution >= 4 is 23.2 Å². The highest BCUT2D eigenvalue weighted by Crippen LogP contribution is 2.27. The predicted molar refractivity (Wildman–Crippen MR) is 135 cm³/mol. The van der Waals surface area contributed by atoms with Gasteiger partial charge in [0.15, 0.2) is 5.69 Å². The zero-order chi connectivity index (χ0) is 24.5. The van der Waals surface area contributed by atoms with Gasteiger partial charge >= 0.3 is 0 Å². The maximum Gasteiger partial charge on any atom is 0.275 e. The number of fused-ring (bicyclic) bond motifs is 2. The Bertz CT molecular complexity index is 1400. The van der Waals surface area contributed by atoms with Gasteiger partial charge in [0.25, 0.3) is 5.91 Å². The third-order valence-electron chi connectivity index (χ3n) is 6.96. The first-order valence-corrected chi connectivity index (χ1v) is 13.1. The first kappa shape index (κ1) is 22.6. The Morgan fingerprint density at radius 1 is 0.889 bits per heavy atom. The van der Waals surface area contributed by atoms with Gasteiger partial charge < -0.3 is 9.80 Å².